The van der Waals surface area contributed by atoms with Gasteiger partial charge in [0.25, 0.3) is 5.91 Å². The van der Waals surface area contributed by atoms with E-state index in [0.29, 0.717) is 55.5 Å². The highest BCUT2D eigenvalue weighted by Crippen LogP contribution is 2.17. The third-order valence-electron chi connectivity index (χ3n) is 5.28. The van der Waals surface area contributed by atoms with Crippen LogP contribution in [0.2, 0.25) is 5.02 Å². The molecule has 5 heteroatoms. The van der Waals surface area contributed by atoms with Crippen LogP contribution in [0.1, 0.15) is 47.7 Å². The van der Waals surface area contributed by atoms with E-state index in [4.69, 9.17) is 11.6 Å². The summed E-state index contributed by atoms with van der Waals surface area (Å²) in [6.07, 6.45) is 1.18. The number of carbonyl (C=O) groups excluding carboxylic acids is 2. The molecule has 1 heterocycles. The lowest BCUT2D eigenvalue weighted by Crippen LogP contribution is -2.50. The van der Waals surface area contributed by atoms with Crippen molar-refractivity contribution in [2.45, 2.75) is 32.6 Å². The van der Waals surface area contributed by atoms with Crippen LogP contribution >= 0.6 is 11.6 Å². The first kappa shape index (κ1) is 20.4. The Morgan fingerprint density at radius 1 is 0.893 bits per heavy atom. The molecule has 0 N–H and O–H groups in total. The predicted molar refractivity (Wildman–Crippen MR) is 113 cm³/mol. The fourth-order valence-electron chi connectivity index (χ4n) is 3.41. The molecule has 1 aliphatic heterocycles. The van der Waals surface area contributed by atoms with E-state index in [1.807, 2.05) is 58.3 Å². The fourth-order valence-corrected chi connectivity index (χ4v) is 3.54. The zero-order valence-corrected chi connectivity index (χ0v) is 17.3. The minimum Gasteiger partial charge on any atom is -0.339 e. The third kappa shape index (κ3) is 5.14. The SMILES string of the molecule is CC(C)c1ccc(C(=O)N2CCN(C(=O)CCc3ccc(Cl)cc3)CC2)cc1. The van der Waals surface area contributed by atoms with Crippen LogP contribution < -0.4 is 0 Å². The maximum Gasteiger partial charge on any atom is 0.253 e. The highest BCUT2D eigenvalue weighted by atomic mass is 35.5. The molecule has 2 amide bonds. The van der Waals surface area contributed by atoms with E-state index >= 15 is 0 Å². The molecule has 28 heavy (non-hydrogen) atoms. The summed E-state index contributed by atoms with van der Waals surface area (Å²) in [6.45, 7) is 6.62. The fraction of sp³-hybridized carbons (Fsp3) is 0.391. The molecule has 4 nitrogen and oxygen atoms in total. The number of piperazine rings is 1. The molecule has 0 aromatic heterocycles. The molecule has 0 atom stereocenters. The van der Waals surface area contributed by atoms with E-state index in [-0.39, 0.29) is 11.8 Å². The molecule has 1 fully saturated rings. The first-order valence-electron chi connectivity index (χ1n) is 9.85. The lowest BCUT2D eigenvalue weighted by molar-refractivity contribution is -0.132. The van der Waals surface area contributed by atoms with Crippen LogP contribution in [0.25, 0.3) is 0 Å². The van der Waals surface area contributed by atoms with Gasteiger partial charge in [-0.3, -0.25) is 9.59 Å². The van der Waals surface area contributed by atoms with Crippen LogP contribution in [0, 0.1) is 0 Å². The Morgan fingerprint density at radius 2 is 1.46 bits per heavy atom. The summed E-state index contributed by atoms with van der Waals surface area (Å²) in [4.78, 5) is 28.9. The molecule has 0 radical (unpaired) electrons. The van der Waals surface area contributed by atoms with Crippen molar-refractivity contribution in [3.8, 4) is 0 Å². The molecule has 2 aromatic carbocycles. The predicted octanol–water partition coefficient (Wildman–Crippen LogP) is 4.38. The second kappa shape index (κ2) is 9.24. The number of nitrogens with zero attached hydrogens (tertiary/aromatic N) is 2. The van der Waals surface area contributed by atoms with Crippen molar-refractivity contribution < 1.29 is 9.59 Å². The zero-order valence-electron chi connectivity index (χ0n) is 16.5. The maximum absolute atomic E-state index is 12.7. The van der Waals surface area contributed by atoms with Crippen molar-refractivity contribution >= 4 is 23.4 Å². The second-order valence-corrected chi connectivity index (χ2v) is 8.01. The van der Waals surface area contributed by atoms with Crippen LogP contribution in [0.15, 0.2) is 48.5 Å². The number of hydrogen-bond donors (Lipinski definition) is 0. The van der Waals surface area contributed by atoms with Crippen LogP contribution in [-0.4, -0.2) is 47.8 Å². The zero-order chi connectivity index (χ0) is 20.1. The molecule has 0 bridgehead atoms. The van der Waals surface area contributed by atoms with Crippen molar-refractivity contribution in [1.82, 2.24) is 9.80 Å². The normalized spacial score (nSPS) is 14.4. The quantitative estimate of drug-likeness (QED) is 0.749. The Hall–Kier alpha value is -2.33. The molecule has 0 aliphatic carbocycles. The van der Waals surface area contributed by atoms with Crippen molar-refractivity contribution in [1.29, 1.82) is 0 Å². The summed E-state index contributed by atoms with van der Waals surface area (Å²) in [5.41, 5.74) is 3.05. The van der Waals surface area contributed by atoms with Gasteiger partial charge >= 0.3 is 0 Å². The minimum atomic E-state index is 0.0450. The van der Waals surface area contributed by atoms with E-state index in [2.05, 4.69) is 13.8 Å². The lowest BCUT2D eigenvalue weighted by Gasteiger charge is -2.35. The molecule has 148 valence electrons. The first-order chi connectivity index (χ1) is 13.4. The highest BCUT2D eigenvalue weighted by molar-refractivity contribution is 6.30. The van der Waals surface area contributed by atoms with E-state index in [1.165, 1.54) is 5.56 Å². The molecule has 3 rings (SSSR count). The molecular formula is C23H27ClN2O2. The maximum atomic E-state index is 12.7. The van der Waals surface area contributed by atoms with Crippen molar-refractivity contribution in [3.05, 3.63) is 70.2 Å². The summed E-state index contributed by atoms with van der Waals surface area (Å²) in [6, 6.07) is 15.5. The molecular weight excluding hydrogens is 372 g/mol. The topological polar surface area (TPSA) is 40.6 Å². The molecule has 2 aromatic rings. The molecule has 0 unspecified atom stereocenters. The van der Waals surface area contributed by atoms with Gasteiger partial charge in [0.1, 0.15) is 0 Å². The summed E-state index contributed by atoms with van der Waals surface area (Å²) in [7, 11) is 0. The van der Waals surface area contributed by atoms with Gasteiger partial charge in [-0.1, -0.05) is 49.7 Å². The minimum absolute atomic E-state index is 0.0450. The van der Waals surface area contributed by atoms with E-state index in [1.54, 1.807) is 0 Å². The first-order valence-corrected chi connectivity index (χ1v) is 10.2. The number of benzene rings is 2. The number of carbonyl (C=O) groups is 2. The lowest BCUT2D eigenvalue weighted by atomic mass is 10.0. The Balaban J connectivity index is 1.48. The molecule has 0 spiro atoms. The number of halogens is 1. The van der Waals surface area contributed by atoms with Gasteiger partial charge in [-0.05, 0) is 47.7 Å². The van der Waals surface area contributed by atoms with Gasteiger partial charge in [-0.15, -0.1) is 0 Å². The Kier molecular flexibility index (Phi) is 6.74. The Labute approximate surface area is 172 Å². The number of rotatable bonds is 5. The van der Waals surface area contributed by atoms with Crippen molar-refractivity contribution in [3.63, 3.8) is 0 Å². The summed E-state index contributed by atoms with van der Waals surface area (Å²) in [5.74, 6) is 0.637. The van der Waals surface area contributed by atoms with Crippen LogP contribution in [0.4, 0.5) is 0 Å². The molecule has 1 aliphatic rings. The van der Waals surface area contributed by atoms with Crippen LogP contribution in [0.3, 0.4) is 0 Å². The highest BCUT2D eigenvalue weighted by Gasteiger charge is 2.24. The molecule has 0 saturated carbocycles. The second-order valence-electron chi connectivity index (χ2n) is 7.58. The van der Waals surface area contributed by atoms with Gasteiger partial charge in [0.2, 0.25) is 5.91 Å². The van der Waals surface area contributed by atoms with Gasteiger partial charge in [-0.25, -0.2) is 0 Å². The Morgan fingerprint density at radius 3 is 2.04 bits per heavy atom. The smallest absolute Gasteiger partial charge is 0.253 e. The van der Waals surface area contributed by atoms with Crippen LogP contribution in [-0.2, 0) is 11.2 Å². The largest absolute Gasteiger partial charge is 0.339 e. The van der Waals surface area contributed by atoms with Gasteiger partial charge in [-0.2, -0.15) is 0 Å². The number of amides is 2. The van der Waals surface area contributed by atoms with Crippen LogP contribution in [0.5, 0.6) is 0 Å². The van der Waals surface area contributed by atoms with E-state index < -0.39 is 0 Å². The van der Waals surface area contributed by atoms with Gasteiger partial charge in [0, 0.05) is 43.2 Å². The summed E-state index contributed by atoms with van der Waals surface area (Å²) >= 11 is 5.89. The summed E-state index contributed by atoms with van der Waals surface area (Å²) in [5, 5.41) is 0.703. The van der Waals surface area contributed by atoms with Crippen molar-refractivity contribution in [2.75, 3.05) is 26.2 Å². The van der Waals surface area contributed by atoms with Gasteiger partial charge < -0.3 is 9.80 Å². The van der Waals surface area contributed by atoms with Gasteiger partial charge in [0.15, 0.2) is 0 Å². The third-order valence-corrected chi connectivity index (χ3v) is 5.54. The molecule has 1 saturated heterocycles. The average molecular weight is 399 g/mol. The number of aryl methyl sites for hydroxylation is 1. The van der Waals surface area contributed by atoms with E-state index in [9.17, 15) is 9.59 Å². The summed E-state index contributed by atoms with van der Waals surface area (Å²) < 4.78 is 0. The number of hydrogen-bond acceptors (Lipinski definition) is 2. The monoisotopic (exact) mass is 398 g/mol. The van der Waals surface area contributed by atoms with Crippen molar-refractivity contribution in [2.24, 2.45) is 0 Å². The van der Waals surface area contributed by atoms with E-state index in [0.717, 1.165) is 5.56 Å². The standard InChI is InChI=1S/C23H27ClN2O2/c1-17(2)19-6-8-20(9-7-19)23(28)26-15-13-25(14-16-26)22(27)12-5-18-3-10-21(24)11-4-18/h3-4,6-11,17H,5,12-16H2,1-2H3. The van der Waals surface area contributed by atoms with Gasteiger partial charge in [0.05, 0.1) is 0 Å². The Bertz CT molecular complexity index is 808. The average Bonchev–Trinajstić information content (AvgIpc) is 2.73.